The van der Waals surface area contributed by atoms with Crippen LogP contribution in [0.4, 0.5) is 11.4 Å². The normalized spacial score (nSPS) is 9.89. The molecule has 4 nitrogen and oxygen atoms in total. The second-order valence-electron chi connectivity index (χ2n) is 3.32. The molecule has 0 aromatic heterocycles. The number of hydrogen-bond acceptors (Lipinski definition) is 4. The van der Waals surface area contributed by atoms with Crippen molar-refractivity contribution in [3.05, 3.63) is 60.7 Å². The summed E-state index contributed by atoms with van der Waals surface area (Å²) in [6.45, 7) is -0.250. The number of aliphatic hydroxyl groups is 2. The lowest BCUT2D eigenvalue weighted by Crippen LogP contribution is -1.85. The lowest BCUT2D eigenvalue weighted by Gasteiger charge is -1.91. The van der Waals surface area contributed by atoms with Crippen molar-refractivity contribution in [2.45, 2.75) is 0 Å². The molecular weight excluding hydrogens is 228 g/mol. The Hall–Kier alpha value is -2.04. The summed E-state index contributed by atoms with van der Waals surface area (Å²) < 4.78 is 0. The topological polar surface area (TPSA) is 65.2 Å². The monoisotopic (exact) mass is 244 g/mol. The third kappa shape index (κ3) is 5.89. The van der Waals surface area contributed by atoms with Crippen LogP contribution in [0.25, 0.3) is 0 Å². The first-order valence-corrected chi connectivity index (χ1v) is 5.60. The van der Waals surface area contributed by atoms with Crippen molar-refractivity contribution < 1.29 is 10.2 Å². The molecular formula is C14H16N2O2. The lowest BCUT2D eigenvalue weighted by atomic mass is 10.3. The largest absolute Gasteiger partial charge is 0.394 e. The van der Waals surface area contributed by atoms with E-state index in [9.17, 15) is 0 Å². The maximum absolute atomic E-state index is 7.62. The van der Waals surface area contributed by atoms with Gasteiger partial charge in [0.05, 0.1) is 24.6 Å². The number of nitrogens with zero attached hydrogens (tertiary/aromatic N) is 2. The highest BCUT2D eigenvalue weighted by Crippen LogP contribution is 2.16. The van der Waals surface area contributed by atoms with Crippen molar-refractivity contribution in [2.75, 3.05) is 13.2 Å². The maximum Gasteiger partial charge on any atom is 0.0857 e. The summed E-state index contributed by atoms with van der Waals surface area (Å²) in [6.07, 6.45) is 0. The number of hydrogen-bond donors (Lipinski definition) is 2. The van der Waals surface area contributed by atoms with Crippen molar-refractivity contribution in [3.8, 4) is 0 Å². The fourth-order valence-electron chi connectivity index (χ4n) is 1.10. The van der Waals surface area contributed by atoms with Gasteiger partial charge in [-0.25, -0.2) is 0 Å². The van der Waals surface area contributed by atoms with Gasteiger partial charge in [-0.15, -0.1) is 0 Å². The van der Waals surface area contributed by atoms with Crippen LogP contribution >= 0.6 is 0 Å². The first kappa shape index (κ1) is 14.0. The number of rotatable bonds is 3. The van der Waals surface area contributed by atoms with Crippen LogP contribution in [-0.2, 0) is 0 Å². The molecule has 0 aliphatic heterocycles. The van der Waals surface area contributed by atoms with E-state index in [1.165, 1.54) is 0 Å². The van der Waals surface area contributed by atoms with E-state index in [4.69, 9.17) is 10.2 Å². The van der Waals surface area contributed by atoms with E-state index in [0.29, 0.717) is 0 Å². The third-order valence-electron chi connectivity index (χ3n) is 1.89. The molecule has 0 aliphatic carbocycles. The highest BCUT2D eigenvalue weighted by atomic mass is 16.3. The zero-order valence-corrected chi connectivity index (χ0v) is 9.98. The highest BCUT2D eigenvalue weighted by molar-refractivity contribution is 5.39. The predicted molar refractivity (Wildman–Crippen MR) is 71.2 cm³/mol. The zero-order chi connectivity index (χ0) is 13.1. The first-order chi connectivity index (χ1) is 8.86. The molecule has 2 aromatic carbocycles. The van der Waals surface area contributed by atoms with E-state index in [-0.39, 0.29) is 13.2 Å². The van der Waals surface area contributed by atoms with Crippen molar-refractivity contribution in [1.82, 2.24) is 0 Å². The minimum Gasteiger partial charge on any atom is -0.394 e. The summed E-state index contributed by atoms with van der Waals surface area (Å²) in [4.78, 5) is 0. The van der Waals surface area contributed by atoms with Crippen LogP contribution in [0, 0.1) is 0 Å². The summed E-state index contributed by atoms with van der Waals surface area (Å²) in [5.41, 5.74) is 1.74. The summed E-state index contributed by atoms with van der Waals surface area (Å²) in [6, 6.07) is 19.4. The van der Waals surface area contributed by atoms with Gasteiger partial charge in [-0.05, 0) is 24.3 Å². The fraction of sp³-hybridized carbons (Fsp3) is 0.143. The molecule has 0 saturated heterocycles. The van der Waals surface area contributed by atoms with E-state index in [1.807, 2.05) is 60.7 Å². The summed E-state index contributed by atoms with van der Waals surface area (Å²) in [7, 11) is 0. The number of aliphatic hydroxyl groups excluding tert-OH is 2. The molecule has 0 unspecified atom stereocenters. The lowest BCUT2D eigenvalue weighted by molar-refractivity contribution is 0.186. The van der Waals surface area contributed by atoms with Crippen LogP contribution < -0.4 is 0 Å². The van der Waals surface area contributed by atoms with Gasteiger partial charge in [-0.1, -0.05) is 36.4 Å². The van der Waals surface area contributed by atoms with Crippen LogP contribution in [0.2, 0.25) is 0 Å². The molecule has 0 bridgehead atoms. The van der Waals surface area contributed by atoms with Gasteiger partial charge in [0.1, 0.15) is 0 Å². The Kier molecular flexibility index (Phi) is 7.04. The SMILES string of the molecule is OCCO.c1ccc(N=Nc2ccccc2)cc1. The molecule has 0 atom stereocenters. The third-order valence-corrected chi connectivity index (χ3v) is 1.89. The zero-order valence-electron chi connectivity index (χ0n) is 9.98. The molecule has 0 aliphatic rings. The van der Waals surface area contributed by atoms with Crippen LogP contribution in [0.15, 0.2) is 70.9 Å². The minimum atomic E-state index is -0.125. The Morgan fingerprint density at radius 2 is 0.944 bits per heavy atom. The van der Waals surface area contributed by atoms with E-state index >= 15 is 0 Å². The van der Waals surface area contributed by atoms with Crippen LogP contribution in [0.3, 0.4) is 0 Å². The first-order valence-electron chi connectivity index (χ1n) is 5.60. The van der Waals surface area contributed by atoms with Gasteiger partial charge in [0, 0.05) is 0 Å². The Bertz CT molecular complexity index is 400. The summed E-state index contributed by atoms with van der Waals surface area (Å²) in [5.74, 6) is 0. The molecule has 0 fully saturated rings. The van der Waals surface area contributed by atoms with E-state index in [2.05, 4.69) is 10.2 Å². The molecule has 2 N–H and O–H groups in total. The van der Waals surface area contributed by atoms with Gasteiger partial charge in [-0.3, -0.25) is 0 Å². The van der Waals surface area contributed by atoms with Crippen molar-refractivity contribution in [1.29, 1.82) is 0 Å². The van der Waals surface area contributed by atoms with Crippen LogP contribution in [0.5, 0.6) is 0 Å². The molecule has 2 aromatic rings. The van der Waals surface area contributed by atoms with Gasteiger partial charge in [-0.2, -0.15) is 10.2 Å². The Labute approximate surface area is 106 Å². The molecule has 0 spiro atoms. The van der Waals surface area contributed by atoms with E-state index in [0.717, 1.165) is 11.4 Å². The Balaban J connectivity index is 0.000000357. The van der Waals surface area contributed by atoms with Gasteiger partial charge < -0.3 is 10.2 Å². The Morgan fingerprint density at radius 1 is 0.611 bits per heavy atom. The molecule has 94 valence electrons. The fourth-order valence-corrected chi connectivity index (χ4v) is 1.10. The molecule has 18 heavy (non-hydrogen) atoms. The quantitative estimate of drug-likeness (QED) is 0.815. The standard InChI is InChI=1S/C12H10N2.C2H6O2/c1-3-7-11(8-4-1)13-14-12-9-5-2-6-10-12;3-1-2-4/h1-10H;3-4H,1-2H2. The molecule has 0 amide bonds. The smallest absolute Gasteiger partial charge is 0.0857 e. The predicted octanol–water partition coefficient (Wildman–Crippen LogP) is 3.07. The maximum atomic E-state index is 7.62. The average Bonchev–Trinajstić information content (AvgIpc) is 2.47. The van der Waals surface area contributed by atoms with E-state index in [1.54, 1.807) is 0 Å². The number of benzene rings is 2. The summed E-state index contributed by atoms with van der Waals surface area (Å²) >= 11 is 0. The second-order valence-corrected chi connectivity index (χ2v) is 3.32. The Morgan fingerprint density at radius 3 is 1.22 bits per heavy atom. The van der Waals surface area contributed by atoms with Gasteiger partial charge in [0.25, 0.3) is 0 Å². The van der Waals surface area contributed by atoms with Crippen molar-refractivity contribution in [2.24, 2.45) is 10.2 Å². The van der Waals surface area contributed by atoms with Gasteiger partial charge in [0.2, 0.25) is 0 Å². The average molecular weight is 244 g/mol. The summed E-state index contributed by atoms with van der Waals surface area (Å²) in [5, 5.41) is 23.5. The second kappa shape index (κ2) is 9.04. The molecule has 0 saturated carbocycles. The highest BCUT2D eigenvalue weighted by Gasteiger charge is 1.86. The van der Waals surface area contributed by atoms with Crippen molar-refractivity contribution >= 4 is 11.4 Å². The number of azo groups is 1. The molecule has 0 radical (unpaired) electrons. The molecule has 0 heterocycles. The molecule has 4 heteroatoms. The molecule has 2 rings (SSSR count). The van der Waals surface area contributed by atoms with Gasteiger partial charge in [0.15, 0.2) is 0 Å². The van der Waals surface area contributed by atoms with Gasteiger partial charge >= 0.3 is 0 Å². The minimum absolute atomic E-state index is 0.125. The van der Waals surface area contributed by atoms with Crippen LogP contribution in [0.1, 0.15) is 0 Å². The van der Waals surface area contributed by atoms with Crippen LogP contribution in [-0.4, -0.2) is 23.4 Å². The van der Waals surface area contributed by atoms with Crippen molar-refractivity contribution in [3.63, 3.8) is 0 Å². The van der Waals surface area contributed by atoms with E-state index < -0.39 is 0 Å².